The topological polar surface area (TPSA) is 32.3 Å². The van der Waals surface area contributed by atoms with Gasteiger partial charge >= 0.3 is 0 Å². The number of hydrogen-bond donors (Lipinski definition) is 1. The summed E-state index contributed by atoms with van der Waals surface area (Å²) in [6.07, 6.45) is 8.52. The highest BCUT2D eigenvalue weighted by atomic mass is 16.2. The third-order valence-electron chi connectivity index (χ3n) is 4.56. The maximum Gasteiger partial charge on any atom is 0.224 e. The quantitative estimate of drug-likeness (QED) is 0.848. The van der Waals surface area contributed by atoms with Crippen LogP contribution in [0, 0.1) is 5.92 Å². The van der Waals surface area contributed by atoms with E-state index >= 15 is 0 Å². The van der Waals surface area contributed by atoms with Crippen molar-refractivity contribution in [3.8, 4) is 0 Å². The average Bonchev–Trinajstić information content (AvgIpc) is 2.97. The molecular weight excluding hydrogens is 236 g/mol. The van der Waals surface area contributed by atoms with Crippen molar-refractivity contribution >= 4 is 5.91 Å². The van der Waals surface area contributed by atoms with Crippen LogP contribution in [0.2, 0.25) is 0 Å². The first-order chi connectivity index (χ1) is 8.97. The number of amides is 1. The number of nitrogens with zero attached hydrogens (tertiary/aromatic N) is 1. The van der Waals surface area contributed by atoms with Gasteiger partial charge in [0.1, 0.15) is 0 Å². The number of rotatable bonds is 4. The molecule has 1 unspecified atom stereocenters. The van der Waals surface area contributed by atoms with Crippen LogP contribution in [0.15, 0.2) is 0 Å². The van der Waals surface area contributed by atoms with Gasteiger partial charge in [-0.2, -0.15) is 0 Å². The molecule has 1 atom stereocenters. The highest BCUT2D eigenvalue weighted by molar-refractivity contribution is 5.77. The summed E-state index contributed by atoms with van der Waals surface area (Å²) in [6, 6.07) is 0.560. The van der Waals surface area contributed by atoms with Crippen LogP contribution in [0.4, 0.5) is 0 Å². The van der Waals surface area contributed by atoms with E-state index in [4.69, 9.17) is 0 Å². The summed E-state index contributed by atoms with van der Waals surface area (Å²) in [5, 5.41) is 3.41. The minimum atomic E-state index is 0.107. The molecule has 1 N–H and O–H groups in total. The van der Waals surface area contributed by atoms with Gasteiger partial charge in [0.25, 0.3) is 0 Å². The Morgan fingerprint density at radius 1 is 1.16 bits per heavy atom. The summed E-state index contributed by atoms with van der Waals surface area (Å²) in [4.78, 5) is 14.6. The number of hydrogen-bond acceptors (Lipinski definition) is 2. The van der Waals surface area contributed by atoms with Gasteiger partial charge in [0.2, 0.25) is 5.91 Å². The van der Waals surface area contributed by atoms with E-state index in [0.717, 1.165) is 19.0 Å². The third kappa shape index (κ3) is 4.20. The molecule has 3 nitrogen and oxygen atoms in total. The zero-order valence-corrected chi connectivity index (χ0v) is 12.9. The summed E-state index contributed by atoms with van der Waals surface area (Å²) < 4.78 is 0. The molecule has 0 aromatic carbocycles. The highest BCUT2D eigenvalue weighted by Gasteiger charge is 2.35. The molecule has 1 aliphatic heterocycles. The molecule has 0 radical (unpaired) electrons. The van der Waals surface area contributed by atoms with E-state index in [1.54, 1.807) is 0 Å². The summed E-state index contributed by atoms with van der Waals surface area (Å²) in [5.41, 5.74) is 0.107. The molecule has 0 bridgehead atoms. The Morgan fingerprint density at radius 3 is 2.47 bits per heavy atom. The highest BCUT2D eigenvalue weighted by Crippen LogP contribution is 2.35. The molecule has 110 valence electrons. The lowest BCUT2D eigenvalue weighted by molar-refractivity contribution is -0.132. The van der Waals surface area contributed by atoms with Crippen LogP contribution in [0.1, 0.15) is 65.7 Å². The van der Waals surface area contributed by atoms with E-state index in [2.05, 4.69) is 31.0 Å². The summed E-state index contributed by atoms with van der Waals surface area (Å²) in [5.74, 6) is 1.16. The van der Waals surface area contributed by atoms with E-state index in [-0.39, 0.29) is 5.54 Å². The third-order valence-corrected chi connectivity index (χ3v) is 4.56. The first-order valence-corrected chi connectivity index (χ1v) is 8.02. The smallest absolute Gasteiger partial charge is 0.224 e. The monoisotopic (exact) mass is 266 g/mol. The van der Waals surface area contributed by atoms with Crippen molar-refractivity contribution in [2.24, 2.45) is 5.92 Å². The lowest BCUT2D eigenvalue weighted by Gasteiger charge is -2.30. The Balaban J connectivity index is 1.80. The summed E-state index contributed by atoms with van der Waals surface area (Å²) >= 11 is 0. The van der Waals surface area contributed by atoms with Gasteiger partial charge in [-0.15, -0.1) is 0 Å². The molecule has 1 aliphatic carbocycles. The van der Waals surface area contributed by atoms with Gasteiger partial charge in [-0.3, -0.25) is 4.79 Å². The van der Waals surface area contributed by atoms with Crippen molar-refractivity contribution in [1.29, 1.82) is 0 Å². The summed E-state index contributed by atoms with van der Waals surface area (Å²) in [7, 11) is 0. The van der Waals surface area contributed by atoms with Crippen LogP contribution >= 0.6 is 0 Å². The van der Waals surface area contributed by atoms with Crippen molar-refractivity contribution in [3.63, 3.8) is 0 Å². The molecule has 1 saturated carbocycles. The molecule has 2 rings (SSSR count). The van der Waals surface area contributed by atoms with Gasteiger partial charge < -0.3 is 10.2 Å². The molecule has 0 aromatic rings. The molecule has 2 fully saturated rings. The molecule has 1 amide bonds. The maximum absolute atomic E-state index is 12.4. The van der Waals surface area contributed by atoms with E-state index in [0.29, 0.717) is 18.4 Å². The van der Waals surface area contributed by atoms with Gasteiger partial charge in [0, 0.05) is 31.1 Å². The first kappa shape index (κ1) is 14.8. The van der Waals surface area contributed by atoms with Crippen molar-refractivity contribution < 1.29 is 4.79 Å². The summed E-state index contributed by atoms with van der Waals surface area (Å²) in [6.45, 7) is 8.24. The Bertz CT molecular complexity index is 302. The number of likely N-dealkylation sites (tertiary alicyclic amines) is 1. The number of nitrogens with one attached hydrogen (secondary N) is 1. The molecule has 2 aliphatic rings. The zero-order valence-electron chi connectivity index (χ0n) is 12.9. The molecule has 1 heterocycles. The Kier molecular flexibility index (Phi) is 4.88. The molecular formula is C16H30N2O. The fourth-order valence-electron chi connectivity index (χ4n) is 3.62. The Hall–Kier alpha value is -0.570. The van der Waals surface area contributed by atoms with Gasteiger partial charge in [0.05, 0.1) is 0 Å². The molecule has 0 spiro atoms. The van der Waals surface area contributed by atoms with Gasteiger partial charge in [-0.05, 0) is 52.4 Å². The lowest BCUT2D eigenvalue weighted by atomic mass is 9.96. The second kappa shape index (κ2) is 6.25. The fourth-order valence-corrected chi connectivity index (χ4v) is 3.62. The maximum atomic E-state index is 12.4. The second-order valence-electron chi connectivity index (χ2n) is 7.27. The Morgan fingerprint density at radius 2 is 1.84 bits per heavy atom. The zero-order chi connectivity index (χ0) is 13.9. The van der Waals surface area contributed by atoms with Crippen molar-refractivity contribution in [2.45, 2.75) is 77.3 Å². The van der Waals surface area contributed by atoms with Crippen LogP contribution in [0.3, 0.4) is 0 Å². The van der Waals surface area contributed by atoms with Gasteiger partial charge in [0.15, 0.2) is 0 Å². The minimum absolute atomic E-state index is 0.107. The van der Waals surface area contributed by atoms with Crippen LogP contribution in [0.5, 0.6) is 0 Å². The predicted molar refractivity (Wildman–Crippen MR) is 79.1 cm³/mol. The van der Waals surface area contributed by atoms with E-state index in [1.807, 2.05) is 0 Å². The fraction of sp³-hybridized carbons (Fsp3) is 0.938. The van der Waals surface area contributed by atoms with Crippen LogP contribution in [0.25, 0.3) is 0 Å². The van der Waals surface area contributed by atoms with Crippen LogP contribution < -0.4 is 5.32 Å². The standard InChI is InChI=1S/C16H30N2O/c1-16(2,3)17-11-10-15(19)18-12-6-9-14(18)13-7-4-5-8-13/h13-14,17H,4-12H2,1-3H3. The van der Waals surface area contributed by atoms with E-state index in [9.17, 15) is 4.79 Å². The van der Waals surface area contributed by atoms with Gasteiger partial charge in [-0.25, -0.2) is 0 Å². The molecule has 3 heteroatoms. The first-order valence-electron chi connectivity index (χ1n) is 8.02. The SMILES string of the molecule is CC(C)(C)NCCC(=O)N1CCCC1C1CCCC1. The minimum Gasteiger partial charge on any atom is -0.339 e. The average molecular weight is 266 g/mol. The predicted octanol–water partition coefficient (Wildman–Crippen LogP) is 2.95. The van der Waals surface area contributed by atoms with Gasteiger partial charge in [-0.1, -0.05) is 12.8 Å². The number of carbonyl (C=O) groups is 1. The molecule has 19 heavy (non-hydrogen) atoms. The van der Waals surface area contributed by atoms with E-state index in [1.165, 1.54) is 38.5 Å². The lowest BCUT2D eigenvalue weighted by Crippen LogP contribution is -2.42. The van der Waals surface area contributed by atoms with E-state index < -0.39 is 0 Å². The van der Waals surface area contributed by atoms with Crippen LogP contribution in [-0.2, 0) is 4.79 Å². The number of carbonyl (C=O) groups excluding carboxylic acids is 1. The molecule has 1 saturated heterocycles. The normalized spacial score (nSPS) is 25.2. The Labute approximate surface area is 118 Å². The van der Waals surface area contributed by atoms with Crippen LogP contribution in [-0.4, -0.2) is 35.5 Å². The van der Waals surface area contributed by atoms with Crippen molar-refractivity contribution in [3.05, 3.63) is 0 Å². The van der Waals surface area contributed by atoms with Crippen molar-refractivity contribution in [2.75, 3.05) is 13.1 Å². The van der Waals surface area contributed by atoms with Crippen molar-refractivity contribution in [1.82, 2.24) is 10.2 Å². The largest absolute Gasteiger partial charge is 0.339 e. The molecule has 0 aromatic heterocycles. The second-order valence-corrected chi connectivity index (χ2v) is 7.27.